The van der Waals surface area contributed by atoms with Gasteiger partial charge in [0.2, 0.25) is 5.91 Å². The number of nitrogens with zero attached hydrogens (tertiary/aromatic N) is 1. The van der Waals surface area contributed by atoms with Crippen molar-refractivity contribution in [3.8, 4) is 5.75 Å². The van der Waals surface area contributed by atoms with Crippen molar-refractivity contribution in [1.82, 2.24) is 4.90 Å². The third kappa shape index (κ3) is 5.45. The smallest absolute Gasteiger partial charge is 0.251 e. The number of hydrogen-bond donors (Lipinski definition) is 2. The molecule has 5 heteroatoms. The lowest BCUT2D eigenvalue weighted by Crippen LogP contribution is -2.45. The highest BCUT2D eigenvalue weighted by Gasteiger charge is 2.36. The lowest BCUT2D eigenvalue weighted by Gasteiger charge is -2.36. The van der Waals surface area contributed by atoms with Gasteiger partial charge in [0.25, 0.3) is 5.91 Å². The zero-order chi connectivity index (χ0) is 25.3. The normalized spacial score (nSPS) is 16.2. The lowest BCUT2D eigenvalue weighted by molar-refractivity contribution is -0.139. The second-order valence-corrected chi connectivity index (χ2v) is 11.5. The van der Waals surface area contributed by atoms with Crippen LogP contribution < -0.4 is 5.32 Å². The van der Waals surface area contributed by atoms with E-state index in [9.17, 15) is 14.7 Å². The van der Waals surface area contributed by atoms with Crippen LogP contribution in [0.4, 0.5) is 5.69 Å². The fourth-order valence-corrected chi connectivity index (χ4v) is 4.65. The van der Waals surface area contributed by atoms with E-state index in [-0.39, 0.29) is 28.4 Å². The molecule has 0 radical (unpaired) electrons. The van der Waals surface area contributed by atoms with Gasteiger partial charge in [-0.05, 0) is 46.9 Å². The molecule has 1 unspecified atom stereocenters. The number of phenols is 1. The molecule has 0 saturated carbocycles. The molecule has 0 spiro atoms. The molecule has 1 heterocycles. The Morgan fingerprint density at radius 2 is 1.62 bits per heavy atom. The van der Waals surface area contributed by atoms with E-state index >= 15 is 0 Å². The zero-order valence-electron chi connectivity index (χ0n) is 21.8. The fourth-order valence-electron chi connectivity index (χ4n) is 4.65. The summed E-state index contributed by atoms with van der Waals surface area (Å²) in [7, 11) is 0. The van der Waals surface area contributed by atoms with Crippen LogP contribution in [0.3, 0.4) is 0 Å². The molecule has 1 aliphatic rings. The van der Waals surface area contributed by atoms with Gasteiger partial charge in [-0.1, -0.05) is 79.2 Å². The number of aromatic hydroxyl groups is 1. The average molecular weight is 465 g/mol. The van der Waals surface area contributed by atoms with Gasteiger partial charge in [-0.25, -0.2) is 0 Å². The minimum Gasteiger partial charge on any atom is -0.507 e. The maximum atomic E-state index is 13.8. The average Bonchev–Trinajstić information content (AvgIpc) is 2.76. The van der Waals surface area contributed by atoms with Crippen LogP contribution in [-0.2, 0) is 26.8 Å². The molecule has 2 N–H and O–H groups in total. The summed E-state index contributed by atoms with van der Waals surface area (Å²) < 4.78 is 0. The van der Waals surface area contributed by atoms with E-state index in [1.807, 2.05) is 77.9 Å². The number of fused-ring (bicyclic) bond motifs is 1. The van der Waals surface area contributed by atoms with E-state index in [4.69, 9.17) is 0 Å². The summed E-state index contributed by atoms with van der Waals surface area (Å²) in [6.45, 7) is 14.9. The molecule has 0 saturated heterocycles. The molecule has 2 aromatic carbocycles. The number of carbonyl (C=O) groups is 2. The van der Waals surface area contributed by atoms with Gasteiger partial charge < -0.3 is 15.3 Å². The Balaban J connectivity index is 2.03. The van der Waals surface area contributed by atoms with Gasteiger partial charge in [0.1, 0.15) is 11.8 Å². The Bertz CT molecular complexity index is 1020. The topological polar surface area (TPSA) is 69.6 Å². The number of phenolic OH excluding ortho intramolecular Hbond substituents is 1. The third-order valence-corrected chi connectivity index (χ3v) is 6.59. The van der Waals surface area contributed by atoms with Crippen molar-refractivity contribution in [1.29, 1.82) is 0 Å². The van der Waals surface area contributed by atoms with Gasteiger partial charge in [-0.2, -0.15) is 0 Å². The summed E-state index contributed by atoms with van der Waals surface area (Å²) in [4.78, 5) is 28.6. The molecule has 184 valence electrons. The van der Waals surface area contributed by atoms with Crippen LogP contribution in [0.5, 0.6) is 5.75 Å². The van der Waals surface area contributed by atoms with Gasteiger partial charge >= 0.3 is 0 Å². The molecule has 34 heavy (non-hydrogen) atoms. The molecule has 0 fully saturated rings. The summed E-state index contributed by atoms with van der Waals surface area (Å²) in [6, 6.07) is 11.0. The standard InChI is InChI=1S/C29H40N2O3/c1-8-9-14-24(32)31-16-15-19-12-10-11-13-21(19)25(31)27(34)30-20-17-22(28(2,3)4)26(33)23(18-20)29(5,6)7/h10-13,17-18,25,33H,8-9,14-16H2,1-7H3,(H,30,34). The monoisotopic (exact) mass is 464 g/mol. The first-order valence-corrected chi connectivity index (χ1v) is 12.4. The predicted molar refractivity (Wildman–Crippen MR) is 138 cm³/mol. The van der Waals surface area contributed by atoms with Crippen LogP contribution in [0.2, 0.25) is 0 Å². The van der Waals surface area contributed by atoms with Crippen molar-refractivity contribution < 1.29 is 14.7 Å². The van der Waals surface area contributed by atoms with Crippen LogP contribution in [-0.4, -0.2) is 28.4 Å². The van der Waals surface area contributed by atoms with E-state index in [1.165, 1.54) is 0 Å². The maximum Gasteiger partial charge on any atom is 0.251 e. The number of rotatable bonds is 5. The van der Waals surface area contributed by atoms with Crippen LogP contribution >= 0.6 is 0 Å². The van der Waals surface area contributed by atoms with Crippen molar-refractivity contribution >= 4 is 17.5 Å². The third-order valence-electron chi connectivity index (χ3n) is 6.59. The van der Waals surface area contributed by atoms with E-state index < -0.39 is 6.04 Å². The first-order chi connectivity index (χ1) is 15.8. The van der Waals surface area contributed by atoms with Crippen molar-refractivity contribution in [2.75, 3.05) is 11.9 Å². The molecule has 0 aromatic heterocycles. The summed E-state index contributed by atoms with van der Waals surface area (Å²) in [5, 5.41) is 14.1. The van der Waals surface area contributed by atoms with Crippen LogP contribution in [0, 0.1) is 0 Å². The van der Waals surface area contributed by atoms with Gasteiger partial charge in [0, 0.05) is 29.8 Å². The highest BCUT2D eigenvalue weighted by atomic mass is 16.3. The molecule has 3 rings (SSSR count). The first kappa shape index (κ1) is 25.8. The lowest BCUT2D eigenvalue weighted by atomic mass is 9.79. The number of anilines is 1. The number of nitrogens with one attached hydrogen (secondary N) is 1. The van der Waals surface area contributed by atoms with E-state index in [2.05, 4.69) is 12.2 Å². The Morgan fingerprint density at radius 3 is 2.18 bits per heavy atom. The minimum absolute atomic E-state index is 0.0213. The molecular weight excluding hydrogens is 424 g/mol. The zero-order valence-corrected chi connectivity index (χ0v) is 21.8. The first-order valence-electron chi connectivity index (χ1n) is 12.4. The minimum atomic E-state index is -0.667. The van der Waals surface area contributed by atoms with Crippen LogP contribution in [0.1, 0.15) is 96.0 Å². The van der Waals surface area contributed by atoms with Crippen molar-refractivity contribution in [3.63, 3.8) is 0 Å². The van der Waals surface area contributed by atoms with Gasteiger partial charge in [0.15, 0.2) is 0 Å². The second-order valence-electron chi connectivity index (χ2n) is 11.5. The highest BCUT2D eigenvalue weighted by Crippen LogP contribution is 2.41. The quantitative estimate of drug-likeness (QED) is 0.515. The van der Waals surface area contributed by atoms with Gasteiger partial charge in [0.05, 0.1) is 0 Å². The van der Waals surface area contributed by atoms with Crippen LogP contribution in [0.25, 0.3) is 0 Å². The van der Waals surface area contributed by atoms with E-state index in [0.29, 0.717) is 18.7 Å². The van der Waals surface area contributed by atoms with Gasteiger partial charge in [-0.3, -0.25) is 9.59 Å². The summed E-state index contributed by atoms with van der Waals surface area (Å²) in [5.74, 6) is 0.0766. The molecule has 0 aliphatic carbocycles. The molecule has 2 aromatic rings. The van der Waals surface area contributed by atoms with Crippen molar-refractivity contribution in [2.24, 2.45) is 0 Å². The number of amides is 2. The van der Waals surface area contributed by atoms with Crippen molar-refractivity contribution in [2.45, 2.75) is 91.0 Å². The number of unbranched alkanes of at least 4 members (excludes halogenated alkanes) is 1. The number of benzene rings is 2. The Hall–Kier alpha value is -2.82. The van der Waals surface area contributed by atoms with Crippen LogP contribution in [0.15, 0.2) is 36.4 Å². The summed E-state index contributed by atoms with van der Waals surface area (Å²) in [6.07, 6.45) is 2.95. The highest BCUT2D eigenvalue weighted by molar-refractivity contribution is 5.98. The van der Waals surface area contributed by atoms with Gasteiger partial charge in [-0.15, -0.1) is 0 Å². The molecule has 1 aliphatic heterocycles. The Labute approximate surface area is 204 Å². The fraction of sp³-hybridized carbons (Fsp3) is 0.517. The summed E-state index contributed by atoms with van der Waals surface area (Å²) >= 11 is 0. The number of carbonyl (C=O) groups excluding carboxylic acids is 2. The number of hydrogen-bond acceptors (Lipinski definition) is 3. The molecular formula is C29H40N2O3. The Morgan fingerprint density at radius 1 is 1.03 bits per heavy atom. The molecule has 5 nitrogen and oxygen atoms in total. The second kappa shape index (κ2) is 9.81. The Kier molecular flexibility index (Phi) is 7.44. The van der Waals surface area contributed by atoms with E-state index in [0.717, 1.165) is 41.5 Å². The molecule has 2 amide bonds. The van der Waals surface area contributed by atoms with E-state index in [1.54, 1.807) is 4.90 Å². The maximum absolute atomic E-state index is 13.8. The van der Waals surface area contributed by atoms with Crippen molar-refractivity contribution in [3.05, 3.63) is 58.7 Å². The SMILES string of the molecule is CCCCC(=O)N1CCc2ccccc2C1C(=O)Nc1cc(C(C)(C)C)c(O)c(C(C)(C)C)c1. The molecule has 0 bridgehead atoms. The summed E-state index contributed by atoms with van der Waals surface area (Å²) in [5.41, 5.74) is 3.61. The largest absolute Gasteiger partial charge is 0.507 e. The molecule has 1 atom stereocenters. The predicted octanol–water partition coefficient (Wildman–Crippen LogP) is 6.24.